The lowest BCUT2D eigenvalue weighted by molar-refractivity contribution is -0.127. The zero-order valence-corrected chi connectivity index (χ0v) is 17.5. The van der Waals surface area contributed by atoms with Crippen molar-refractivity contribution in [1.82, 2.24) is 10.2 Å². The number of likely N-dealkylation sites (tertiary alicyclic amines) is 1. The Kier molecular flexibility index (Phi) is 7.14. The molecule has 0 radical (unpaired) electrons. The summed E-state index contributed by atoms with van der Waals surface area (Å²) in [6.45, 7) is 1.90. The minimum absolute atomic E-state index is 0. The first kappa shape index (κ1) is 21.6. The highest BCUT2D eigenvalue weighted by Gasteiger charge is 2.32. The summed E-state index contributed by atoms with van der Waals surface area (Å²) in [4.78, 5) is 27.6. The van der Waals surface area contributed by atoms with Gasteiger partial charge in [-0.25, -0.2) is 0 Å². The average Bonchev–Trinajstić information content (AvgIpc) is 3.20. The second-order valence-corrected chi connectivity index (χ2v) is 8.13. The first-order chi connectivity index (χ1) is 13.7. The van der Waals surface area contributed by atoms with Gasteiger partial charge in [0.2, 0.25) is 5.91 Å². The number of nitrogens with zero attached hydrogens (tertiary/aromatic N) is 1. The Morgan fingerprint density at radius 3 is 2.48 bits per heavy atom. The topological polar surface area (TPSA) is 75.4 Å². The van der Waals surface area contributed by atoms with Crippen molar-refractivity contribution in [2.24, 2.45) is 17.6 Å². The molecule has 2 fully saturated rings. The predicted molar refractivity (Wildman–Crippen MR) is 118 cm³/mol. The molecule has 2 atom stereocenters. The highest BCUT2D eigenvalue weighted by atomic mass is 35.5. The molecule has 2 aromatic rings. The molecular weight excluding hydrogens is 386 g/mol. The van der Waals surface area contributed by atoms with Gasteiger partial charge < -0.3 is 16.0 Å². The van der Waals surface area contributed by atoms with Gasteiger partial charge in [-0.2, -0.15) is 0 Å². The summed E-state index contributed by atoms with van der Waals surface area (Å²) in [5.74, 6) is 0.616. The number of carbonyl (C=O) groups is 2. The fourth-order valence-electron chi connectivity index (χ4n) is 4.74. The third-order valence-corrected chi connectivity index (χ3v) is 6.46. The molecule has 2 aliphatic rings. The fraction of sp³-hybridized carbons (Fsp3) is 0.478. The molecule has 4 rings (SSSR count). The van der Waals surface area contributed by atoms with Crippen LogP contribution in [0.1, 0.15) is 42.5 Å². The molecule has 6 heteroatoms. The van der Waals surface area contributed by atoms with Gasteiger partial charge in [-0.05, 0) is 55.0 Å². The number of rotatable bonds is 4. The van der Waals surface area contributed by atoms with Crippen LogP contribution in [-0.2, 0) is 4.79 Å². The number of amides is 2. The molecule has 0 aromatic heterocycles. The molecule has 3 N–H and O–H groups in total. The van der Waals surface area contributed by atoms with Crippen molar-refractivity contribution in [3.8, 4) is 0 Å². The van der Waals surface area contributed by atoms with Crippen molar-refractivity contribution in [3.05, 3.63) is 48.0 Å². The Balaban J connectivity index is 0.00000240. The molecule has 2 amide bonds. The van der Waals surface area contributed by atoms with E-state index in [1.807, 2.05) is 47.4 Å². The standard InChI is InChI=1S/C23H29N3O2.ClH/c24-15-18-7-4-10-21(18)25-22(27)17-11-13-26(14-12-17)23(28)20-9-3-6-16-5-1-2-8-19(16)20;/h1-3,5-6,8-9,17-18,21H,4,7,10-15,24H2,(H,25,27);1H. The number of fused-ring (bicyclic) bond motifs is 1. The molecule has 2 aromatic carbocycles. The number of carbonyl (C=O) groups excluding carboxylic acids is 2. The van der Waals surface area contributed by atoms with Gasteiger partial charge in [0.25, 0.3) is 5.91 Å². The quantitative estimate of drug-likeness (QED) is 0.803. The molecule has 1 saturated carbocycles. The molecule has 1 saturated heterocycles. The molecular formula is C23H30ClN3O2. The van der Waals surface area contributed by atoms with Gasteiger partial charge in [-0.3, -0.25) is 9.59 Å². The van der Waals surface area contributed by atoms with E-state index in [0.29, 0.717) is 25.6 Å². The van der Waals surface area contributed by atoms with Crippen LogP contribution in [0, 0.1) is 11.8 Å². The molecule has 29 heavy (non-hydrogen) atoms. The van der Waals surface area contributed by atoms with E-state index in [9.17, 15) is 9.59 Å². The van der Waals surface area contributed by atoms with E-state index in [1.165, 1.54) is 0 Å². The summed E-state index contributed by atoms with van der Waals surface area (Å²) in [6, 6.07) is 14.1. The van der Waals surface area contributed by atoms with Crippen LogP contribution < -0.4 is 11.1 Å². The predicted octanol–water partition coefficient (Wildman–Crippen LogP) is 3.36. The Morgan fingerprint density at radius 2 is 1.72 bits per heavy atom. The second kappa shape index (κ2) is 9.59. The van der Waals surface area contributed by atoms with E-state index in [4.69, 9.17) is 5.73 Å². The van der Waals surface area contributed by atoms with E-state index in [2.05, 4.69) is 5.32 Å². The lowest BCUT2D eigenvalue weighted by Gasteiger charge is -2.32. The van der Waals surface area contributed by atoms with E-state index in [-0.39, 0.29) is 36.2 Å². The van der Waals surface area contributed by atoms with Gasteiger partial charge in [0, 0.05) is 30.6 Å². The molecule has 1 aliphatic carbocycles. The van der Waals surface area contributed by atoms with E-state index >= 15 is 0 Å². The van der Waals surface area contributed by atoms with Crippen molar-refractivity contribution >= 4 is 35.0 Å². The van der Waals surface area contributed by atoms with Crippen LogP contribution in [0.3, 0.4) is 0 Å². The van der Waals surface area contributed by atoms with Crippen molar-refractivity contribution < 1.29 is 9.59 Å². The van der Waals surface area contributed by atoms with Gasteiger partial charge in [0.05, 0.1) is 0 Å². The number of nitrogens with two attached hydrogens (primary N) is 1. The monoisotopic (exact) mass is 415 g/mol. The van der Waals surface area contributed by atoms with E-state index in [1.54, 1.807) is 0 Å². The minimum Gasteiger partial charge on any atom is -0.353 e. The number of halogens is 1. The third kappa shape index (κ3) is 4.57. The smallest absolute Gasteiger partial charge is 0.254 e. The summed E-state index contributed by atoms with van der Waals surface area (Å²) in [5, 5.41) is 5.29. The molecule has 156 valence electrons. The first-order valence-corrected chi connectivity index (χ1v) is 10.4. The molecule has 1 aliphatic heterocycles. The van der Waals surface area contributed by atoms with Crippen LogP contribution in [-0.4, -0.2) is 42.4 Å². The van der Waals surface area contributed by atoms with Crippen molar-refractivity contribution in [2.45, 2.75) is 38.1 Å². The van der Waals surface area contributed by atoms with Crippen LogP contribution in [0.4, 0.5) is 0 Å². The van der Waals surface area contributed by atoms with Gasteiger partial charge in [0.1, 0.15) is 0 Å². The maximum absolute atomic E-state index is 13.1. The number of hydrogen-bond donors (Lipinski definition) is 2. The van der Waals surface area contributed by atoms with Gasteiger partial charge in [-0.1, -0.05) is 42.8 Å². The lowest BCUT2D eigenvalue weighted by Crippen LogP contribution is -2.47. The summed E-state index contributed by atoms with van der Waals surface area (Å²) in [5.41, 5.74) is 6.58. The maximum atomic E-state index is 13.1. The van der Waals surface area contributed by atoms with Crippen LogP contribution in [0.5, 0.6) is 0 Å². The van der Waals surface area contributed by atoms with Gasteiger partial charge in [-0.15, -0.1) is 12.4 Å². The Labute approximate surface area is 178 Å². The van der Waals surface area contributed by atoms with Crippen LogP contribution >= 0.6 is 12.4 Å². The Morgan fingerprint density at radius 1 is 1.00 bits per heavy atom. The van der Waals surface area contributed by atoms with Gasteiger partial charge >= 0.3 is 0 Å². The Hall–Kier alpha value is -2.11. The highest BCUT2D eigenvalue weighted by Crippen LogP contribution is 2.27. The molecule has 0 bridgehead atoms. The second-order valence-electron chi connectivity index (χ2n) is 8.13. The van der Waals surface area contributed by atoms with Crippen molar-refractivity contribution in [2.75, 3.05) is 19.6 Å². The molecule has 0 spiro atoms. The van der Waals surface area contributed by atoms with Crippen molar-refractivity contribution in [3.63, 3.8) is 0 Å². The number of piperidine rings is 1. The summed E-state index contributed by atoms with van der Waals surface area (Å²) < 4.78 is 0. The maximum Gasteiger partial charge on any atom is 0.254 e. The van der Waals surface area contributed by atoms with E-state index < -0.39 is 0 Å². The molecule has 2 unspecified atom stereocenters. The van der Waals surface area contributed by atoms with E-state index in [0.717, 1.165) is 48.4 Å². The first-order valence-electron chi connectivity index (χ1n) is 10.4. The Bertz CT molecular complexity index is 859. The minimum atomic E-state index is -0.00408. The van der Waals surface area contributed by atoms with Gasteiger partial charge in [0.15, 0.2) is 0 Å². The van der Waals surface area contributed by atoms with Crippen molar-refractivity contribution in [1.29, 1.82) is 0 Å². The molecule has 5 nitrogen and oxygen atoms in total. The summed E-state index contributed by atoms with van der Waals surface area (Å²) in [6.07, 6.45) is 4.74. The number of nitrogens with one attached hydrogen (secondary N) is 1. The normalized spacial score (nSPS) is 22.3. The van der Waals surface area contributed by atoms with Crippen LogP contribution in [0.25, 0.3) is 10.8 Å². The third-order valence-electron chi connectivity index (χ3n) is 6.46. The fourth-order valence-corrected chi connectivity index (χ4v) is 4.74. The highest BCUT2D eigenvalue weighted by molar-refractivity contribution is 6.07. The largest absolute Gasteiger partial charge is 0.353 e. The lowest BCUT2D eigenvalue weighted by atomic mass is 9.93. The van der Waals surface area contributed by atoms with Crippen LogP contribution in [0.15, 0.2) is 42.5 Å². The van der Waals surface area contributed by atoms with Crippen LogP contribution in [0.2, 0.25) is 0 Å². The zero-order valence-electron chi connectivity index (χ0n) is 16.7. The molecule has 1 heterocycles. The summed E-state index contributed by atoms with van der Waals surface area (Å²) in [7, 11) is 0. The average molecular weight is 416 g/mol. The number of hydrogen-bond acceptors (Lipinski definition) is 3. The summed E-state index contributed by atoms with van der Waals surface area (Å²) >= 11 is 0. The SMILES string of the molecule is Cl.NCC1CCCC1NC(=O)C1CCN(C(=O)c2cccc3ccccc23)CC1. The number of benzene rings is 2. The zero-order chi connectivity index (χ0) is 19.5.